The van der Waals surface area contributed by atoms with Crippen LogP contribution in [-0.2, 0) is 0 Å². The van der Waals surface area contributed by atoms with E-state index in [-0.39, 0.29) is 0 Å². The van der Waals surface area contributed by atoms with E-state index in [1.54, 1.807) is 12.1 Å². The lowest BCUT2D eigenvalue weighted by molar-refractivity contribution is 0.137. The van der Waals surface area contributed by atoms with Gasteiger partial charge in [0.25, 0.3) is 0 Å². The van der Waals surface area contributed by atoms with Gasteiger partial charge >= 0.3 is 0 Å². The molecular formula is C19H22Cl2N2O. The van der Waals surface area contributed by atoms with Gasteiger partial charge in [-0.05, 0) is 55.6 Å². The summed E-state index contributed by atoms with van der Waals surface area (Å²) in [5, 5.41) is 1.19. The summed E-state index contributed by atoms with van der Waals surface area (Å²) in [5.74, 6) is 0.698. The van der Waals surface area contributed by atoms with Crippen molar-refractivity contribution in [3.8, 4) is 5.75 Å². The van der Waals surface area contributed by atoms with Gasteiger partial charge in [0.2, 0.25) is 0 Å². The summed E-state index contributed by atoms with van der Waals surface area (Å²) in [5.41, 5.74) is 1.32. The third-order valence-corrected chi connectivity index (χ3v) is 4.95. The molecule has 1 unspecified atom stereocenters. The van der Waals surface area contributed by atoms with Crippen molar-refractivity contribution in [3.05, 3.63) is 58.3 Å². The monoisotopic (exact) mass is 364 g/mol. The summed E-state index contributed by atoms with van der Waals surface area (Å²) < 4.78 is 5.79. The molecule has 1 fully saturated rings. The number of aromatic nitrogens is 1. The lowest BCUT2D eigenvalue weighted by Crippen LogP contribution is -2.34. The number of piperidine rings is 1. The third-order valence-electron chi connectivity index (χ3n) is 4.42. The Morgan fingerprint density at radius 3 is 2.92 bits per heavy atom. The standard InChI is InChI=1S/C19H22Cl2N2O/c20-16-7-8-19(17(21)13-16)24-12-4-11-23-10-2-1-6-18(23)15-5-3-9-22-14-15/h3,5,7-9,13-14,18H,1-2,4,6,10-12H2. The van der Waals surface area contributed by atoms with Crippen molar-refractivity contribution in [1.29, 1.82) is 0 Å². The van der Waals surface area contributed by atoms with Crippen molar-refractivity contribution in [2.24, 2.45) is 0 Å². The molecule has 3 rings (SSSR count). The van der Waals surface area contributed by atoms with Crippen molar-refractivity contribution in [1.82, 2.24) is 9.88 Å². The Morgan fingerprint density at radius 2 is 2.12 bits per heavy atom. The average molecular weight is 365 g/mol. The zero-order valence-corrected chi connectivity index (χ0v) is 15.1. The van der Waals surface area contributed by atoms with Crippen LogP contribution in [0.4, 0.5) is 0 Å². The van der Waals surface area contributed by atoms with Gasteiger partial charge in [-0.3, -0.25) is 9.88 Å². The highest BCUT2D eigenvalue weighted by Crippen LogP contribution is 2.31. The summed E-state index contributed by atoms with van der Waals surface area (Å²) >= 11 is 12.0. The molecule has 1 saturated heterocycles. The summed E-state index contributed by atoms with van der Waals surface area (Å²) in [6.45, 7) is 2.81. The Balaban J connectivity index is 1.51. The van der Waals surface area contributed by atoms with E-state index in [4.69, 9.17) is 27.9 Å². The van der Waals surface area contributed by atoms with E-state index in [1.165, 1.54) is 24.8 Å². The molecule has 24 heavy (non-hydrogen) atoms. The first-order chi connectivity index (χ1) is 11.7. The SMILES string of the molecule is Clc1ccc(OCCCN2CCCCC2c2cccnc2)c(Cl)c1. The van der Waals surface area contributed by atoms with Gasteiger partial charge in [0.05, 0.1) is 11.6 Å². The van der Waals surface area contributed by atoms with Crippen molar-refractivity contribution >= 4 is 23.2 Å². The van der Waals surface area contributed by atoms with Crippen LogP contribution in [0, 0.1) is 0 Å². The van der Waals surface area contributed by atoms with Crippen LogP contribution in [-0.4, -0.2) is 29.6 Å². The fraction of sp³-hybridized carbons (Fsp3) is 0.421. The fourth-order valence-electron chi connectivity index (χ4n) is 3.25. The number of nitrogens with zero attached hydrogens (tertiary/aromatic N) is 2. The molecule has 0 N–H and O–H groups in total. The van der Waals surface area contributed by atoms with Crippen LogP contribution in [0.15, 0.2) is 42.7 Å². The van der Waals surface area contributed by atoms with Crippen LogP contribution in [0.25, 0.3) is 0 Å². The molecule has 0 spiro atoms. The molecular weight excluding hydrogens is 343 g/mol. The molecule has 0 amide bonds. The van der Waals surface area contributed by atoms with E-state index >= 15 is 0 Å². The predicted octanol–water partition coefficient (Wildman–Crippen LogP) is 5.38. The molecule has 2 aromatic rings. The molecule has 1 aliphatic rings. The highest BCUT2D eigenvalue weighted by atomic mass is 35.5. The third kappa shape index (κ3) is 4.62. The van der Waals surface area contributed by atoms with E-state index in [1.807, 2.05) is 24.5 Å². The maximum Gasteiger partial charge on any atom is 0.137 e. The molecule has 128 valence electrons. The number of pyridine rings is 1. The number of likely N-dealkylation sites (tertiary alicyclic amines) is 1. The van der Waals surface area contributed by atoms with Crippen LogP contribution in [0.5, 0.6) is 5.75 Å². The second-order valence-electron chi connectivity index (χ2n) is 6.11. The van der Waals surface area contributed by atoms with Crippen molar-refractivity contribution in [2.45, 2.75) is 31.7 Å². The van der Waals surface area contributed by atoms with Gasteiger partial charge in [-0.2, -0.15) is 0 Å². The summed E-state index contributed by atoms with van der Waals surface area (Å²) in [7, 11) is 0. The number of benzene rings is 1. The molecule has 0 radical (unpaired) electrons. The minimum absolute atomic E-state index is 0.478. The van der Waals surface area contributed by atoms with E-state index < -0.39 is 0 Å². The number of rotatable bonds is 6. The average Bonchev–Trinajstić information content (AvgIpc) is 2.61. The molecule has 0 aliphatic carbocycles. The maximum atomic E-state index is 6.13. The Kier molecular flexibility index (Phi) is 6.36. The van der Waals surface area contributed by atoms with Crippen LogP contribution in [0.3, 0.4) is 0 Å². The molecule has 0 saturated carbocycles. The zero-order chi connectivity index (χ0) is 16.8. The van der Waals surface area contributed by atoms with Crippen LogP contribution >= 0.6 is 23.2 Å². The van der Waals surface area contributed by atoms with Gasteiger partial charge in [-0.15, -0.1) is 0 Å². The molecule has 1 aromatic carbocycles. The normalized spacial score (nSPS) is 18.5. The number of halogens is 2. The van der Waals surface area contributed by atoms with Gasteiger partial charge in [0, 0.05) is 30.0 Å². The van der Waals surface area contributed by atoms with E-state index in [9.17, 15) is 0 Å². The molecule has 1 aromatic heterocycles. The summed E-state index contributed by atoms with van der Waals surface area (Å²) in [6, 6.07) is 10.0. The summed E-state index contributed by atoms with van der Waals surface area (Å²) in [4.78, 5) is 6.82. The first-order valence-corrected chi connectivity index (χ1v) is 9.21. The molecule has 1 aliphatic heterocycles. The number of hydrogen-bond donors (Lipinski definition) is 0. The number of hydrogen-bond acceptors (Lipinski definition) is 3. The Hall–Kier alpha value is -1.29. The largest absolute Gasteiger partial charge is 0.492 e. The van der Waals surface area contributed by atoms with Gasteiger partial charge in [0.1, 0.15) is 5.75 Å². The molecule has 2 heterocycles. The smallest absolute Gasteiger partial charge is 0.137 e. The Bertz CT molecular complexity index is 651. The van der Waals surface area contributed by atoms with E-state index in [2.05, 4.69) is 16.0 Å². The van der Waals surface area contributed by atoms with Crippen molar-refractivity contribution < 1.29 is 4.74 Å². The predicted molar refractivity (Wildman–Crippen MR) is 99.0 cm³/mol. The maximum absolute atomic E-state index is 6.13. The van der Waals surface area contributed by atoms with Crippen molar-refractivity contribution in [2.75, 3.05) is 19.7 Å². The number of ether oxygens (including phenoxy) is 1. The van der Waals surface area contributed by atoms with Gasteiger partial charge < -0.3 is 4.74 Å². The minimum atomic E-state index is 0.478. The van der Waals surface area contributed by atoms with Gasteiger partial charge in [-0.1, -0.05) is 35.7 Å². The Morgan fingerprint density at radius 1 is 1.21 bits per heavy atom. The first kappa shape index (κ1) is 17.5. The topological polar surface area (TPSA) is 25.4 Å². The first-order valence-electron chi connectivity index (χ1n) is 8.46. The minimum Gasteiger partial charge on any atom is -0.492 e. The fourth-order valence-corrected chi connectivity index (χ4v) is 3.71. The Labute approximate surface area is 153 Å². The molecule has 3 nitrogen and oxygen atoms in total. The van der Waals surface area contributed by atoms with Crippen molar-refractivity contribution in [3.63, 3.8) is 0 Å². The van der Waals surface area contributed by atoms with Gasteiger partial charge in [0.15, 0.2) is 0 Å². The summed E-state index contributed by atoms with van der Waals surface area (Å²) in [6.07, 6.45) is 8.55. The quantitative estimate of drug-likeness (QED) is 0.642. The molecule has 5 heteroatoms. The second-order valence-corrected chi connectivity index (χ2v) is 6.95. The second kappa shape index (κ2) is 8.70. The van der Waals surface area contributed by atoms with E-state index in [0.29, 0.717) is 28.4 Å². The van der Waals surface area contributed by atoms with E-state index in [0.717, 1.165) is 19.5 Å². The zero-order valence-electron chi connectivity index (χ0n) is 13.6. The molecule has 0 bridgehead atoms. The van der Waals surface area contributed by atoms with Crippen LogP contribution < -0.4 is 4.74 Å². The lowest BCUT2D eigenvalue weighted by atomic mass is 9.96. The highest BCUT2D eigenvalue weighted by molar-refractivity contribution is 6.35. The molecule has 1 atom stereocenters. The lowest BCUT2D eigenvalue weighted by Gasteiger charge is -2.35. The van der Waals surface area contributed by atoms with Crippen LogP contribution in [0.2, 0.25) is 10.0 Å². The highest BCUT2D eigenvalue weighted by Gasteiger charge is 2.23. The van der Waals surface area contributed by atoms with Crippen LogP contribution in [0.1, 0.15) is 37.3 Å². The van der Waals surface area contributed by atoms with Gasteiger partial charge in [-0.25, -0.2) is 0 Å².